The van der Waals surface area contributed by atoms with Gasteiger partial charge in [-0.1, -0.05) is 24.3 Å². The number of nitrogens with two attached hydrogens (primary N) is 1. The summed E-state index contributed by atoms with van der Waals surface area (Å²) in [5.74, 6) is -3.64. The minimum absolute atomic E-state index is 0.0744. The van der Waals surface area contributed by atoms with E-state index in [1.165, 1.54) is 0 Å². The van der Waals surface area contributed by atoms with Crippen molar-refractivity contribution in [3.05, 3.63) is 35.4 Å². The molecule has 0 saturated carbocycles. The van der Waals surface area contributed by atoms with Crippen LogP contribution in [-0.2, 0) is 25.5 Å². The lowest BCUT2D eigenvalue weighted by Gasteiger charge is -2.45. The first-order valence-corrected chi connectivity index (χ1v) is 8.82. The Hall–Kier alpha value is -1.92. The zero-order chi connectivity index (χ0) is 18.4. The van der Waals surface area contributed by atoms with E-state index in [2.05, 4.69) is 0 Å². The van der Waals surface area contributed by atoms with Crippen LogP contribution in [-0.4, -0.2) is 36.0 Å². The van der Waals surface area contributed by atoms with E-state index in [0.29, 0.717) is 26.1 Å². The Morgan fingerprint density at radius 2 is 1.88 bits per heavy atom. The van der Waals surface area contributed by atoms with Gasteiger partial charge >= 0.3 is 5.97 Å². The molecule has 25 heavy (non-hydrogen) atoms. The van der Waals surface area contributed by atoms with Crippen molar-refractivity contribution in [2.75, 3.05) is 13.2 Å². The minimum atomic E-state index is -1.18. The second kappa shape index (κ2) is 8.45. The summed E-state index contributed by atoms with van der Waals surface area (Å²) < 4.78 is 12.0. The van der Waals surface area contributed by atoms with Crippen LogP contribution in [0, 0.1) is 5.92 Å². The third kappa shape index (κ3) is 4.19. The van der Waals surface area contributed by atoms with Gasteiger partial charge in [-0.3, -0.25) is 9.59 Å². The van der Waals surface area contributed by atoms with Crippen molar-refractivity contribution in [3.8, 4) is 0 Å². The molecule has 138 valence electrons. The van der Waals surface area contributed by atoms with Crippen LogP contribution in [0.1, 0.15) is 50.2 Å². The first-order valence-electron chi connectivity index (χ1n) is 8.82. The highest BCUT2D eigenvalue weighted by molar-refractivity contribution is 5.74. The zero-order valence-electron chi connectivity index (χ0n) is 14.9. The highest BCUT2D eigenvalue weighted by Gasteiger charge is 2.50. The van der Waals surface area contributed by atoms with Crippen LogP contribution in [0.4, 0.5) is 0 Å². The number of fused-ring (bicyclic) bond motifs is 1. The number of amides is 1. The molecule has 6 nitrogen and oxygen atoms in total. The van der Waals surface area contributed by atoms with Gasteiger partial charge in [0, 0.05) is 26.1 Å². The molecule has 0 aliphatic heterocycles. The van der Waals surface area contributed by atoms with E-state index in [-0.39, 0.29) is 12.8 Å². The van der Waals surface area contributed by atoms with Crippen molar-refractivity contribution < 1.29 is 24.2 Å². The topological polar surface area (TPSA) is 98.9 Å². The third-order valence-electron chi connectivity index (χ3n) is 4.81. The fraction of sp³-hybridized carbons (Fsp3) is 0.579. The van der Waals surface area contributed by atoms with Gasteiger partial charge in [-0.05, 0) is 37.8 Å². The monoisotopic (exact) mass is 349 g/mol. The highest BCUT2D eigenvalue weighted by Crippen LogP contribution is 2.47. The van der Waals surface area contributed by atoms with Crippen LogP contribution in [0.15, 0.2) is 24.3 Å². The molecule has 3 N–H and O–H groups in total. The Labute approximate surface area is 148 Å². The lowest BCUT2D eigenvalue weighted by molar-refractivity contribution is -0.260. The standard InChI is InChI=1S/C19H27NO5/c1-3-24-19(25-4-2,12-11-16(20)21)17-14-8-6-5-7-13(14)9-10-15(17)18(22)23/h5-8,15,17H,3-4,9-12H2,1-2H3,(H2,20,21)(H,22,23). The molecule has 0 bridgehead atoms. The maximum absolute atomic E-state index is 12.0. The van der Waals surface area contributed by atoms with Crippen LogP contribution in [0.5, 0.6) is 0 Å². The van der Waals surface area contributed by atoms with Gasteiger partial charge < -0.3 is 20.3 Å². The van der Waals surface area contributed by atoms with Gasteiger partial charge in [-0.15, -0.1) is 0 Å². The average Bonchev–Trinajstić information content (AvgIpc) is 2.59. The number of benzene rings is 1. The summed E-state index contributed by atoms with van der Waals surface area (Å²) in [6.07, 6.45) is 1.51. The van der Waals surface area contributed by atoms with E-state index in [1.807, 2.05) is 38.1 Å². The Kier molecular flexibility index (Phi) is 6.56. The third-order valence-corrected chi connectivity index (χ3v) is 4.81. The number of aliphatic carboxylic acids is 1. The Morgan fingerprint density at radius 3 is 2.44 bits per heavy atom. The van der Waals surface area contributed by atoms with E-state index >= 15 is 0 Å². The van der Waals surface area contributed by atoms with Crippen LogP contribution < -0.4 is 5.73 Å². The summed E-state index contributed by atoms with van der Waals surface area (Å²) in [6.45, 7) is 4.37. The van der Waals surface area contributed by atoms with Gasteiger partial charge in [0.15, 0.2) is 5.79 Å². The fourth-order valence-electron chi connectivity index (χ4n) is 3.88. The van der Waals surface area contributed by atoms with Gasteiger partial charge in [-0.25, -0.2) is 0 Å². The minimum Gasteiger partial charge on any atom is -0.481 e. The van der Waals surface area contributed by atoms with Crippen molar-refractivity contribution >= 4 is 11.9 Å². The fourth-order valence-corrected chi connectivity index (χ4v) is 3.88. The molecule has 6 heteroatoms. The summed E-state index contributed by atoms with van der Waals surface area (Å²) in [4.78, 5) is 23.4. The lowest BCUT2D eigenvalue weighted by Crippen LogP contribution is -2.49. The van der Waals surface area contributed by atoms with Gasteiger partial charge in [0.25, 0.3) is 0 Å². The molecule has 2 atom stereocenters. The van der Waals surface area contributed by atoms with Crippen LogP contribution in [0.25, 0.3) is 0 Å². The van der Waals surface area contributed by atoms with E-state index < -0.39 is 29.5 Å². The summed E-state index contributed by atoms with van der Waals surface area (Å²) in [5.41, 5.74) is 7.37. The predicted octanol–water partition coefficient (Wildman–Crippen LogP) is 2.45. The predicted molar refractivity (Wildman–Crippen MR) is 93.0 cm³/mol. The summed E-state index contributed by atoms with van der Waals surface area (Å²) in [6, 6.07) is 7.79. The average molecular weight is 349 g/mol. The SMILES string of the molecule is CCOC(CCC(N)=O)(OCC)C1c2ccccc2CCC1C(=O)O. The first kappa shape index (κ1) is 19.4. The molecule has 0 radical (unpaired) electrons. The van der Waals surface area contributed by atoms with Crippen molar-refractivity contribution in [2.45, 2.75) is 51.2 Å². The number of carbonyl (C=O) groups excluding carboxylic acids is 1. The van der Waals surface area contributed by atoms with Crippen molar-refractivity contribution in [1.82, 2.24) is 0 Å². The van der Waals surface area contributed by atoms with Crippen LogP contribution in [0.3, 0.4) is 0 Å². The molecule has 0 spiro atoms. The maximum Gasteiger partial charge on any atom is 0.307 e. The summed E-state index contributed by atoms with van der Waals surface area (Å²) in [5, 5.41) is 9.81. The van der Waals surface area contributed by atoms with Gasteiger partial charge in [0.1, 0.15) is 0 Å². The molecule has 1 aromatic carbocycles. The molecule has 0 heterocycles. The number of primary amides is 1. The summed E-state index contributed by atoms with van der Waals surface area (Å²) in [7, 11) is 0. The molecule has 2 unspecified atom stereocenters. The quantitative estimate of drug-likeness (QED) is 0.667. The molecule has 2 rings (SSSR count). The number of carboxylic acids is 1. The smallest absolute Gasteiger partial charge is 0.307 e. The molecule has 0 aromatic heterocycles. The molecule has 0 fully saturated rings. The molecule has 1 aliphatic rings. The highest BCUT2D eigenvalue weighted by atomic mass is 16.7. The van der Waals surface area contributed by atoms with Crippen LogP contribution in [0.2, 0.25) is 0 Å². The Balaban J connectivity index is 2.56. The largest absolute Gasteiger partial charge is 0.481 e. The number of ether oxygens (including phenoxy) is 2. The molecular formula is C19H27NO5. The van der Waals surface area contributed by atoms with E-state index in [9.17, 15) is 14.7 Å². The Bertz CT molecular complexity index is 610. The lowest BCUT2D eigenvalue weighted by atomic mass is 9.69. The van der Waals surface area contributed by atoms with Crippen molar-refractivity contribution in [1.29, 1.82) is 0 Å². The first-order chi connectivity index (χ1) is 11.9. The second-order valence-corrected chi connectivity index (χ2v) is 6.30. The molecule has 1 amide bonds. The van der Waals surface area contributed by atoms with Crippen LogP contribution >= 0.6 is 0 Å². The molecule has 0 saturated heterocycles. The number of hydrogen-bond acceptors (Lipinski definition) is 4. The van der Waals surface area contributed by atoms with Gasteiger partial charge in [-0.2, -0.15) is 0 Å². The number of carbonyl (C=O) groups is 2. The maximum atomic E-state index is 12.0. The van der Waals surface area contributed by atoms with E-state index in [4.69, 9.17) is 15.2 Å². The van der Waals surface area contributed by atoms with Gasteiger partial charge in [0.05, 0.1) is 11.8 Å². The number of hydrogen-bond donors (Lipinski definition) is 2. The normalized spacial score (nSPS) is 20.1. The molecular weight excluding hydrogens is 322 g/mol. The van der Waals surface area contributed by atoms with Gasteiger partial charge in [0.2, 0.25) is 5.91 Å². The Morgan fingerprint density at radius 1 is 1.24 bits per heavy atom. The van der Waals surface area contributed by atoms with E-state index in [1.54, 1.807) is 0 Å². The zero-order valence-corrected chi connectivity index (χ0v) is 14.9. The number of rotatable bonds is 9. The van der Waals surface area contributed by atoms with Crippen molar-refractivity contribution in [3.63, 3.8) is 0 Å². The second-order valence-electron chi connectivity index (χ2n) is 6.30. The summed E-state index contributed by atoms with van der Waals surface area (Å²) >= 11 is 0. The molecule has 1 aromatic rings. The van der Waals surface area contributed by atoms with Crippen molar-refractivity contribution in [2.24, 2.45) is 11.7 Å². The molecule has 1 aliphatic carbocycles. The number of aryl methyl sites for hydroxylation is 1. The van der Waals surface area contributed by atoms with E-state index in [0.717, 1.165) is 11.1 Å². The number of carboxylic acid groups (broad SMARTS) is 1.